The molecule has 2 heterocycles. The summed E-state index contributed by atoms with van der Waals surface area (Å²) in [4.78, 5) is 14.5. The number of anilines is 1. The fourth-order valence-corrected chi connectivity index (χ4v) is 2.83. The fraction of sp³-hybridized carbons (Fsp3) is 0.444. The summed E-state index contributed by atoms with van der Waals surface area (Å²) in [6.07, 6.45) is 2.17. The lowest BCUT2D eigenvalue weighted by molar-refractivity contribution is -0.116. The van der Waals surface area contributed by atoms with E-state index in [2.05, 4.69) is 21.4 Å². The van der Waals surface area contributed by atoms with Gasteiger partial charge in [0.25, 0.3) is 0 Å². The zero-order chi connectivity index (χ0) is 16.8. The van der Waals surface area contributed by atoms with E-state index >= 15 is 0 Å². The third-order valence-electron chi connectivity index (χ3n) is 4.20. The molecular formula is C18H24N4O2. The van der Waals surface area contributed by atoms with E-state index < -0.39 is 0 Å². The van der Waals surface area contributed by atoms with Crippen molar-refractivity contribution in [3.05, 3.63) is 47.8 Å². The lowest BCUT2D eigenvalue weighted by Crippen LogP contribution is -2.35. The Kier molecular flexibility index (Phi) is 5.61. The van der Waals surface area contributed by atoms with E-state index in [0.717, 1.165) is 44.2 Å². The molecule has 6 nitrogen and oxygen atoms in total. The first-order chi connectivity index (χ1) is 11.7. The van der Waals surface area contributed by atoms with Crippen LogP contribution in [0.5, 0.6) is 0 Å². The molecular weight excluding hydrogens is 304 g/mol. The predicted octanol–water partition coefficient (Wildman–Crippen LogP) is 2.05. The second kappa shape index (κ2) is 8.08. The van der Waals surface area contributed by atoms with Crippen LogP contribution in [-0.4, -0.2) is 46.9 Å². The number of rotatable bonds is 6. The van der Waals surface area contributed by atoms with Gasteiger partial charge in [0.2, 0.25) is 5.91 Å². The van der Waals surface area contributed by atoms with E-state index in [1.165, 1.54) is 5.56 Å². The number of benzene rings is 1. The van der Waals surface area contributed by atoms with Crippen LogP contribution < -0.4 is 5.32 Å². The van der Waals surface area contributed by atoms with Crippen LogP contribution in [-0.2, 0) is 22.6 Å². The molecule has 1 aromatic heterocycles. The number of aromatic nitrogens is 2. The molecule has 2 aromatic rings. The monoisotopic (exact) mass is 328 g/mol. The van der Waals surface area contributed by atoms with Crippen LogP contribution in [0.3, 0.4) is 0 Å². The van der Waals surface area contributed by atoms with Crippen molar-refractivity contribution in [3.63, 3.8) is 0 Å². The molecule has 6 heteroatoms. The van der Waals surface area contributed by atoms with Crippen molar-refractivity contribution >= 4 is 11.6 Å². The van der Waals surface area contributed by atoms with Gasteiger partial charge in [0, 0.05) is 50.2 Å². The molecule has 1 fully saturated rings. The Bertz CT molecular complexity index is 677. The summed E-state index contributed by atoms with van der Waals surface area (Å²) in [7, 11) is 0. The Labute approximate surface area is 142 Å². The highest BCUT2D eigenvalue weighted by Crippen LogP contribution is 2.14. The van der Waals surface area contributed by atoms with Gasteiger partial charge in [-0.15, -0.1) is 0 Å². The van der Waals surface area contributed by atoms with Gasteiger partial charge in [-0.25, -0.2) is 0 Å². The normalized spacial score (nSPS) is 15.4. The molecule has 0 radical (unpaired) electrons. The Morgan fingerprint density at radius 3 is 2.88 bits per heavy atom. The number of hydrogen-bond acceptors (Lipinski definition) is 4. The second-order valence-corrected chi connectivity index (χ2v) is 6.08. The summed E-state index contributed by atoms with van der Waals surface area (Å²) in [5, 5.41) is 7.17. The zero-order valence-electron chi connectivity index (χ0n) is 14.1. The molecule has 0 unspecified atom stereocenters. The van der Waals surface area contributed by atoms with E-state index in [1.807, 2.05) is 35.9 Å². The molecule has 0 aliphatic carbocycles. The standard InChI is InChI=1S/C18H24N4O2/c1-15-5-7-19-22(15)8-6-18(23)20-17-4-2-3-16(13-17)14-21-9-11-24-12-10-21/h2-5,7,13H,6,8-12,14H2,1H3,(H,20,23). The van der Waals surface area contributed by atoms with Crippen molar-refractivity contribution in [2.24, 2.45) is 0 Å². The molecule has 1 aliphatic rings. The van der Waals surface area contributed by atoms with Gasteiger partial charge in [0.1, 0.15) is 0 Å². The van der Waals surface area contributed by atoms with Crippen LogP contribution >= 0.6 is 0 Å². The number of ether oxygens (including phenoxy) is 1. The molecule has 128 valence electrons. The number of carbonyl (C=O) groups is 1. The molecule has 0 atom stereocenters. The number of nitrogens with zero attached hydrogens (tertiary/aromatic N) is 3. The number of nitrogens with one attached hydrogen (secondary N) is 1. The van der Waals surface area contributed by atoms with Gasteiger partial charge in [0.15, 0.2) is 0 Å². The number of amides is 1. The number of morpholine rings is 1. The largest absolute Gasteiger partial charge is 0.379 e. The van der Waals surface area contributed by atoms with Crippen LogP contribution in [0, 0.1) is 6.92 Å². The van der Waals surface area contributed by atoms with E-state index in [4.69, 9.17) is 4.74 Å². The maximum Gasteiger partial charge on any atom is 0.226 e. The van der Waals surface area contributed by atoms with Gasteiger partial charge < -0.3 is 10.1 Å². The quantitative estimate of drug-likeness (QED) is 0.882. The summed E-state index contributed by atoms with van der Waals surface area (Å²) in [6, 6.07) is 10.0. The minimum absolute atomic E-state index is 0.00780. The molecule has 1 N–H and O–H groups in total. The van der Waals surface area contributed by atoms with Gasteiger partial charge in [-0.1, -0.05) is 12.1 Å². The van der Waals surface area contributed by atoms with Gasteiger partial charge in [-0.05, 0) is 30.7 Å². The van der Waals surface area contributed by atoms with Crippen LogP contribution in [0.2, 0.25) is 0 Å². The van der Waals surface area contributed by atoms with Crippen molar-refractivity contribution in [1.29, 1.82) is 0 Å². The molecule has 1 amide bonds. The summed E-state index contributed by atoms with van der Waals surface area (Å²) in [6.45, 7) is 6.98. The van der Waals surface area contributed by atoms with Gasteiger partial charge in [-0.3, -0.25) is 14.4 Å². The Morgan fingerprint density at radius 1 is 1.29 bits per heavy atom. The van der Waals surface area contributed by atoms with E-state index in [0.29, 0.717) is 13.0 Å². The van der Waals surface area contributed by atoms with E-state index in [1.54, 1.807) is 6.20 Å². The van der Waals surface area contributed by atoms with Crippen LogP contribution in [0.1, 0.15) is 17.7 Å². The molecule has 0 spiro atoms. The highest BCUT2D eigenvalue weighted by molar-refractivity contribution is 5.90. The maximum atomic E-state index is 12.1. The lowest BCUT2D eigenvalue weighted by Gasteiger charge is -2.26. The summed E-state index contributed by atoms with van der Waals surface area (Å²) in [5.74, 6) is 0.00780. The Hall–Kier alpha value is -2.18. The van der Waals surface area contributed by atoms with Crippen molar-refractivity contribution in [3.8, 4) is 0 Å². The predicted molar refractivity (Wildman–Crippen MR) is 92.7 cm³/mol. The average molecular weight is 328 g/mol. The maximum absolute atomic E-state index is 12.1. The minimum Gasteiger partial charge on any atom is -0.379 e. The Balaban J connectivity index is 1.51. The fourth-order valence-electron chi connectivity index (χ4n) is 2.83. The summed E-state index contributed by atoms with van der Waals surface area (Å²) < 4.78 is 7.22. The van der Waals surface area contributed by atoms with E-state index in [-0.39, 0.29) is 5.91 Å². The summed E-state index contributed by atoms with van der Waals surface area (Å²) >= 11 is 0. The van der Waals surface area contributed by atoms with Crippen molar-refractivity contribution < 1.29 is 9.53 Å². The smallest absolute Gasteiger partial charge is 0.226 e. The highest BCUT2D eigenvalue weighted by atomic mass is 16.5. The first-order valence-electron chi connectivity index (χ1n) is 8.38. The molecule has 0 bridgehead atoms. The molecule has 1 aliphatic heterocycles. The van der Waals surface area contributed by atoms with Gasteiger partial charge in [0.05, 0.1) is 13.2 Å². The second-order valence-electron chi connectivity index (χ2n) is 6.08. The Morgan fingerprint density at radius 2 is 2.12 bits per heavy atom. The topological polar surface area (TPSA) is 59.4 Å². The first kappa shape index (κ1) is 16.7. The number of hydrogen-bond donors (Lipinski definition) is 1. The molecule has 0 saturated carbocycles. The third kappa shape index (κ3) is 4.66. The zero-order valence-corrected chi connectivity index (χ0v) is 14.1. The third-order valence-corrected chi connectivity index (χ3v) is 4.20. The summed E-state index contributed by atoms with van der Waals surface area (Å²) in [5.41, 5.74) is 3.12. The molecule has 24 heavy (non-hydrogen) atoms. The van der Waals surface area contributed by atoms with Crippen LogP contribution in [0.4, 0.5) is 5.69 Å². The lowest BCUT2D eigenvalue weighted by atomic mass is 10.1. The van der Waals surface area contributed by atoms with Gasteiger partial charge >= 0.3 is 0 Å². The minimum atomic E-state index is 0.00780. The average Bonchev–Trinajstić information content (AvgIpc) is 2.99. The molecule has 1 saturated heterocycles. The molecule has 3 rings (SSSR count). The van der Waals surface area contributed by atoms with Gasteiger partial charge in [-0.2, -0.15) is 5.10 Å². The molecule has 1 aromatic carbocycles. The van der Waals surface area contributed by atoms with Crippen molar-refractivity contribution in [2.45, 2.75) is 26.4 Å². The first-order valence-corrected chi connectivity index (χ1v) is 8.38. The highest BCUT2D eigenvalue weighted by Gasteiger charge is 2.11. The number of aryl methyl sites for hydroxylation is 2. The number of carbonyl (C=O) groups excluding carboxylic acids is 1. The van der Waals surface area contributed by atoms with Crippen LogP contribution in [0.15, 0.2) is 36.5 Å². The van der Waals surface area contributed by atoms with Crippen LogP contribution in [0.25, 0.3) is 0 Å². The van der Waals surface area contributed by atoms with Crippen molar-refractivity contribution in [2.75, 3.05) is 31.6 Å². The van der Waals surface area contributed by atoms with E-state index in [9.17, 15) is 4.79 Å². The SMILES string of the molecule is Cc1ccnn1CCC(=O)Nc1cccc(CN2CCOCC2)c1. The van der Waals surface area contributed by atoms with Crippen molar-refractivity contribution in [1.82, 2.24) is 14.7 Å².